The quantitative estimate of drug-likeness (QED) is 0.346. The number of benzene rings is 2. The molecule has 3 aromatic rings. The Labute approximate surface area is 206 Å². The molecule has 1 heterocycles. The first-order valence-corrected chi connectivity index (χ1v) is 12.5. The van der Waals surface area contributed by atoms with Crippen LogP contribution in [0.5, 0.6) is 0 Å². The number of carbonyl (C=O) groups excluding carboxylic acids is 2. The molecule has 0 radical (unpaired) electrons. The van der Waals surface area contributed by atoms with Crippen LogP contribution in [0.1, 0.15) is 41.1 Å². The van der Waals surface area contributed by atoms with E-state index in [0.717, 1.165) is 16.0 Å². The fourth-order valence-corrected chi connectivity index (χ4v) is 4.72. The predicted octanol–water partition coefficient (Wildman–Crippen LogP) is 5.84. The second-order valence-corrected chi connectivity index (χ2v) is 10.4. The van der Waals surface area contributed by atoms with E-state index in [2.05, 4.69) is 0 Å². The van der Waals surface area contributed by atoms with Crippen molar-refractivity contribution in [2.75, 3.05) is 13.1 Å². The maximum Gasteiger partial charge on any atom is 0.242 e. The zero-order valence-electron chi connectivity index (χ0n) is 20.2. The summed E-state index contributed by atoms with van der Waals surface area (Å²) in [4.78, 5) is 32.3. The molecule has 3 rings (SSSR count). The van der Waals surface area contributed by atoms with E-state index in [-0.39, 0.29) is 30.1 Å². The summed E-state index contributed by atoms with van der Waals surface area (Å²) >= 11 is 1.65. The van der Waals surface area contributed by atoms with Crippen molar-refractivity contribution < 1.29 is 14.0 Å². The Kier molecular flexibility index (Phi) is 9.40. The van der Waals surface area contributed by atoms with E-state index in [0.29, 0.717) is 32.5 Å². The number of halogens is 1. The van der Waals surface area contributed by atoms with Gasteiger partial charge in [-0.15, -0.1) is 11.3 Å². The molecule has 0 bridgehead atoms. The van der Waals surface area contributed by atoms with E-state index >= 15 is 0 Å². The molecule has 4 nitrogen and oxygen atoms in total. The Bertz CT molecular complexity index is 1060. The van der Waals surface area contributed by atoms with Gasteiger partial charge in [-0.1, -0.05) is 56.3 Å². The Morgan fingerprint density at radius 3 is 2.18 bits per heavy atom. The smallest absolute Gasteiger partial charge is 0.242 e. The van der Waals surface area contributed by atoms with Crippen molar-refractivity contribution in [2.24, 2.45) is 5.92 Å². The first-order chi connectivity index (χ1) is 16.3. The molecule has 0 atom stereocenters. The summed E-state index contributed by atoms with van der Waals surface area (Å²) in [7, 11) is 0. The molecule has 1 aromatic heterocycles. The minimum atomic E-state index is -0.303. The number of thiophene rings is 1. The van der Waals surface area contributed by atoms with Gasteiger partial charge in [-0.25, -0.2) is 4.39 Å². The number of carbonyl (C=O) groups is 2. The van der Waals surface area contributed by atoms with Gasteiger partial charge in [0.15, 0.2) is 0 Å². The van der Waals surface area contributed by atoms with Gasteiger partial charge >= 0.3 is 0 Å². The molecule has 0 spiro atoms. The highest BCUT2D eigenvalue weighted by atomic mass is 32.1. The highest BCUT2D eigenvalue weighted by molar-refractivity contribution is 7.11. The SMILES string of the molecule is Cc1ccc(CN(Cc2ccc(F)cc2)C(=O)CN(CC(C)C)C(=O)CCc2ccccc2)s1. The van der Waals surface area contributed by atoms with E-state index in [9.17, 15) is 14.0 Å². The summed E-state index contributed by atoms with van der Waals surface area (Å²) in [6.45, 7) is 7.53. The number of nitrogens with zero attached hydrogens (tertiary/aromatic N) is 2. The third-order valence-corrected chi connectivity index (χ3v) is 6.50. The summed E-state index contributed by atoms with van der Waals surface area (Å²) < 4.78 is 13.4. The molecule has 2 amide bonds. The van der Waals surface area contributed by atoms with E-state index < -0.39 is 0 Å². The lowest BCUT2D eigenvalue weighted by atomic mass is 10.1. The van der Waals surface area contributed by atoms with Gasteiger partial charge in [-0.3, -0.25) is 9.59 Å². The van der Waals surface area contributed by atoms with Crippen LogP contribution < -0.4 is 0 Å². The van der Waals surface area contributed by atoms with E-state index in [1.807, 2.05) is 63.2 Å². The van der Waals surface area contributed by atoms with Gasteiger partial charge in [0.2, 0.25) is 11.8 Å². The molecule has 0 aliphatic heterocycles. The number of aryl methyl sites for hydroxylation is 2. The van der Waals surface area contributed by atoms with Gasteiger partial charge in [-0.05, 0) is 54.7 Å². The zero-order valence-corrected chi connectivity index (χ0v) is 21.0. The van der Waals surface area contributed by atoms with Crippen LogP contribution >= 0.6 is 11.3 Å². The topological polar surface area (TPSA) is 40.6 Å². The standard InChI is InChI=1S/C28H33FN2O2S/c1-21(2)17-30(27(32)16-12-23-7-5-4-6-8-23)20-28(33)31(19-26-15-9-22(3)34-26)18-24-10-13-25(29)14-11-24/h4-11,13-15,21H,12,16-20H2,1-3H3. The summed E-state index contributed by atoms with van der Waals surface area (Å²) in [6, 6.07) is 20.2. The van der Waals surface area contributed by atoms with Crippen molar-refractivity contribution in [2.45, 2.75) is 46.7 Å². The van der Waals surface area contributed by atoms with E-state index in [1.54, 1.807) is 33.3 Å². The monoisotopic (exact) mass is 480 g/mol. The third-order valence-electron chi connectivity index (χ3n) is 5.52. The molecule has 2 aromatic carbocycles. The number of rotatable bonds is 11. The van der Waals surface area contributed by atoms with Crippen LogP contribution in [0.3, 0.4) is 0 Å². The van der Waals surface area contributed by atoms with Crippen LogP contribution in [0, 0.1) is 18.7 Å². The van der Waals surface area contributed by atoms with Crippen molar-refractivity contribution in [3.63, 3.8) is 0 Å². The van der Waals surface area contributed by atoms with Crippen LogP contribution in [-0.2, 0) is 29.1 Å². The maximum atomic E-state index is 13.5. The van der Waals surface area contributed by atoms with Crippen LogP contribution in [0.4, 0.5) is 4.39 Å². The minimum Gasteiger partial charge on any atom is -0.333 e. The largest absolute Gasteiger partial charge is 0.333 e. The van der Waals surface area contributed by atoms with Crippen LogP contribution in [0.2, 0.25) is 0 Å². The highest BCUT2D eigenvalue weighted by Crippen LogP contribution is 2.19. The molecule has 0 saturated carbocycles. The highest BCUT2D eigenvalue weighted by Gasteiger charge is 2.23. The first-order valence-electron chi connectivity index (χ1n) is 11.7. The lowest BCUT2D eigenvalue weighted by Gasteiger charge is -2.29. The fourth-order valence-electron chi connectivity index (χ4n) is 3.81. The van der Waals surface area contributed by atoms with Gasteiger partial charge in [0.25, 0.3) is 0 Å². The van der Waals surface area contributed by atoms with Crippen molar-refractivity contribution in [3.05, 3.63) is 93.4 Å². The number of amides is 2. The molecule has 0 N–H and O–H groups in total. The molecule has 0 fully saturated rings. The summed E-state index contributed by atoms with van der Waals surface area (Å²) in [5.41, 5.74) is 1.96. The molecular weight excluding hydrogens is 447 g/mol. The minimum absolute atomic E-state index is 0.0143. The van der Waals surface area contributed by atoms with Crippen LogP contribution in [0.25, 0.3) is 0 Å². The molecule has 0 aliphatic rings. The van der Waals surface area contributed by atoms with Gasteiger partial charge in [0, 0.05) is 29.3 Å². The van der Waals surface area contributed by atoms with E-state index in [4.69, 9.17) is 0 Å². The van der Waals surface area contributed by atoms with Crippen LogP contribution in [-0.4, -0.2) is 34.7 Å². The summed E-state index contributed by atoms with van der Waals surface area (Å²) in [5.74, 6) is -0.176. The average Bonchev–Trinajstić information content (AvgIpc) is 3.23. The predicted molar refractivity (Wildman–Crippen MR) is 136 cm³/mol. The van der Waals surface area contributed by atoms with E-state index in [1.165, 1.54) is 17.0 Å². The summed E-state index contributed by atoms with van der Waals surface area (Å²) in [6.07, 6.45) is 1.02. The van der Waals surface area contributed by atoms with Crippen molar-refractivity contribution in [1.29, 1.82) is 0 Å². The van der Waals surface area contributed by atoms with Gasteiger partial charge in [0.1, 0.15) is 5.82 Å². The molecule has 180 valence electrons. The average molecular weight is 481 g/mol. The van der Waals surface area contributed by atoms with Gasteiger partial charge in [0.05, 0.1) is 13.1 Å². The normalized spacial score (nSPS) is 11.0. The van der Waals surface area contributed by atoms with Gasteiger partial charge < -0.3 is 9.80 Å². The summed E-state index contributed by atoms with van der Waals surface area (Å²) in [5, 5.41) is 0. The Hall–Kier alpha value is -2.99. The number of hydrogen-bond donors (Lipinski definition) is 0. The number of hydrogen-bond acceptors (Lipinski definition) is 3. The lowest BCUT2D eigenvalue weighted by Crippen LogP contribution is -2.43. The second-order valence-electron chi connectivity index (χ2n) is 9.04. The van der Waals surface area contributed by atoms with Crippen molar-refractivity contribution in [3.8, 4) is 0 Å². The molecule has 34 heavy (non-hydrogen) atoms. The molecule has 0 aliphatic carbocycles. The Morgan fingerprint density at radius 2 is 1.56 bits per heavy atom. The zero-order chi connectivity index (χ0) is 24.5. The van der Waals surface area contributed by atoms with Gasteiger partial charge in [-0.2, -0.15) is 0 Å². The van der Waals surface area contributed by atoms with Crippen molar-refractivity contribution >= 4 is 23.2 Å². The second kappa shape index (κ2) is 12.5. The molecule has 6 heteroatoms. The molecule has 0 saturated heterocycles. The third kappa shape index (κ3) is 8.10. The van der Waals surface area contributed by atoms with Crippen LogP contribution in [0.15, 0.2) is 66.7 Å². The maximum absolute atomic E-state index is 13.5. The molecular formula is C28H33FN2O2S. The lowest BCUT2D eigenvalue weighted by molar-refractivity contribution is -0.141. The fraction of sp³-hybridized carbons (Fsp3) is 0.357. The first kappa shape index (κ1) is 25.6. The Balaban J connectivity index is 1.72. The molecule has 0 unspecified atom stereocenters. The Morgan fingerprint density at radius 1 is 0.853 bits per heavy atom. The van der Waals surface area contributed by atoms with Crippen molar-refractivity contribution in [1.82, 2.24) is 9.80 Å².